The molecule has 29 heavy (non-hydrogen) atoms. The fourth-order valence-electron chi connectivity index (χ4n) is 4.02. The zero-order valence-corrected chi connectivity index (χ0v) is 17.1. The smallest absolute Gasteiger partial charge is 0.253 e. The van der Waals surface area contributed by atoms with Crippen LogP contribution in [-0.4, -0.2) is 43.5 Å². The first kappa shape index (κ1) is 19.5. The maximum absolute atomic E-state index is 13.1. The first-order valence-electron chi connectivity index (χ1n) is 10.3. The molecule has 0 radical (unpaired) electrons. The van der Waals surface area contributed by atoms with E-state index < -0.39 is 0 Å². The molecule has 2 aromatic carbocycles. The monoisotopic (exact) mass is 392 g/mol. The molecule has 1 aliphatic carbocycles. The zero-order valence-electron chi connectivity index (χ0n) is 17.1. The van der Waals surface area contributed by atoms with E-state index in [1.807, 2.05) is 60.4 Å². The zero-order chi connectivity index (χ0) is 20.4. The standard InChI is InChI=1S/C24H28N2O3/c1-16-6-10-18(11-7-16)24(28)26-14-21(19-4-3-5-20(12-19)29-2)22(15-26)23(27)25-13-17-8-9-17/h3-7,10-12,17,21-22H,8-9,13-15H2,1-2H3,(H,25,27)/t21-,22-/m1/s1. The molecule has 152 valence electrons. The van der Waals surface area contributed by atoms with Gasteiger partial charge in [-0.15, -0.1) is 0 Å². The number of aryl methyl sites for hydroxylation is 1. The minimum atomic E-state index is -0.254. The molecule has 5 heteroatoms. The number of carbonyl (C=O) groups is 2. The van der Waals surface area contributed by atoms with Crippen LogP contribution in [0.1, 0.15) is 40.2 Å². The second-order valence-electron chi connectivity index (χ2n) is 8.25. The van der Waals surface area contributed by atoms with E-state index in [1.165, 1.54) is 12.8 Å². The first-order chi connectivity index (χ1) is 14.0. The van der Waals surface area contributed by atoms with Crippen molar-refractivity contribution >= 4 is 11.8 Å². The normalized spacial score (nSPS) is 21.1. The number of hydrogen-bond acceptors (Lipinski definition) is 3. The van der Waals surface area contributed by atoms with Crippen molar-refractivity contribution in [3.05, 3.63) is 65.2 Å². The lowest BCUT2D eigenvalue weighted by atomic mass is 9.88. The summed E-state index contributed by atoms with van der Waals surface area (Å²) in [6.45, 7) is 3.71. The summed E-state index contributed by atoms with van der Waals surface area (Å²) in [5.41, 5.74) is 2.82. The van der Waals surface area contributed by atoms with E-state index in [2.05, 4.69) is 5.32 Å². The average Bonchev–Trinajstić information content (AvgIpc) is 3.47. The van der Waals surface area contributed by atoms with Crippen LogP contribution in [-0.2, 0) is 4.79 Å². The number of rotatable bonds is 6. The Morgan fingerprint density at radius 3 is 2.55 bits per heavy atom. The van der Waals surface area contributed by atoms with Gasteiger partial charge in [0.15, 0.2) is 0 Å². The van der Waals surface area contributed by atoms with E-state index in [4.69, 9.17) is 4.74 Å². The molecule has 2 atom stereocenters. The quantitative estimate of drug-likeness (QED) is 0.820. The highest BCUT2D eigenvalue weighted by molar-refractivity contribution is 5.95. The third-order valence-electron chi connectivity index (χ3n) is 6.03. The molecule has 1 N–H and O–H groups in total. The van der Waals surface area contributed by atoms with Crippen LogP contribution < -0.4 is 10.1 Å². The fourth-order valence-corrected chi connectivity index (χ4v) is 4.02. The van der Waals surface area contributed by atoms with Gasteiger partial charge in [-0.2, -0.15) is 0 Å². The molecule has 1 saturated heterocycles. The molecular weight excluding hydrogens is 364 g/mol. The number of nitrogens with zero attached hydrogens (tertiary/aromatic N) is 1. The number of ether oxygens (including phenoxy) is 1. The Hall–Kier alpha value is -2.82. The van der Waals surface area contributed by atoms with Crippen LogP contribution in [0.4, 0.5) is 0 Å². The highest BCUT2D eigenvalue weighted by atomic mass is 16.5. The molecule has 0 spiro atoms. The Labute approximate surface area is 172 Å². The van der Waals surface area contributed by atoms with Crippen LogP contribution in [0.15, 0.2) is 48.5 Å². The van der Waals surface area contributed by atoms with E-state index in [9.17, 15) is 9.59 Å². The Morgan fingerprint density at radius 1 is 1.10 bits per heavy atom. The van der Waals surface area contributed by atoms with Gasteiger partial charge in [-0.05, 0) is 55.5 Å². The van der Waals surface area contributed by atoms with Gasteiger partial charge in [0.25, 0.3) is 5.91 Å². The molecule has 2 fully saturated rings. The van der Waals surface area contributed by atoms with Gasteiger partial charge >= 0.3 is 0 Å². The SMILES string of the molecule is COc1cccc([C@H]2CN(C(=O)c3ccc(C)cc3)C[C@H]2C(=O)NCC2CC2)c1. The van der Waals surface area contributed by atoms with Crippen molar-refractivity contribution in [2.24, 2.45) is 11.8 Å². The largest absolute Gasteiger partial charge is 0.497 e. The molecule has 1 saturated carbocycles. The summed E-state index contributed by atoms with van der Waals surface area (Å²) in [6.07, 6.45) is 2.39. The van der Waals surface area contributed by atoms with Gasteiger partial charge in [-0.3, -0.25) is 9.59 Å². The van der Waals surface area contributed by atoms with E-state index >= 15 is 0 Å². The molecule has 2 aliphatic rings. The molecule has 0 bridgehead atoms. The topological polar surface area (TPSA) is 58.6 Å². The molecule has 5 nitrogen and oxygen atoms in total. The number of benzene rings is 2. The number of carbonyl (C=O) groups excluding carboxylic acids is 2. The van der Waals surface area contributed by atoms with Crippen LogP contribution in [0, 0.1) is 18.8 Å². The number of methoxy groups -OCH3 is 1. The molecule has 4 rings (SSSR count). The van der Waals surface area contributed by atoms with Crippen LogP contribution in [0.25, 0.3) is 0 Å². The summed E-state index contributed by atoms with van der Waals surface area (Å²) in [5, 5.41) is 3.11. The second-order valence-corrected chi connectivity index (χ2v) is 8.25. The lowest BCUT2D eigenvalue weighted by Gasteiger charge is -2.18. The Balaban J connectivity index is 1.56. The lowest BCUT2D eigenvalue weighted by Crippen LogP contribution is -2.36. The van der Waals surface area contributed by atoms with Gasteiger partial charge in [-0.1, -0.05) is 29.8 Å². The summed E-state index contributed by atoms with van der Waals surface area (Å²) < 4.78 is 5.37. The van der Waals surface area contributed by atoms with Crippen molar-refractivity contribution in [3.8, 4) is 5.75 Å². The van der Waals surface area contributed by atoms with E-state index in [0.29, 0.717) is 24.6 Å². The molecule has 1 heterocycles. The lowest BCUT2D eigenvalue weighted by molar-refractivity contribution is -0.125. The fraction of sp³-hybridized carbons (Fsp3) is 0.417. The molecule has 0 aromatic heterocycles. The summed E-state index contributed by atoms with van der Waals surface area (Å²) in [6, 6.07) is 15.5. The Morgan fingerprint density at radius 2 is 1.86 bits per heavy atom. The summed E-state index contributed by atoms with van der Waals surface area (Å²) >= 11 is 0. The van der Waals surface area contributed by atoms with Crippen molar-refractivity contribution in [1.29, 1.82) is 0 Å². The Kier molecular flexibility index (Phi) is 5.56. The first-order valence-corrected chi connectivity index (χ1v) is 10.3. The van der Waals surface area contributed by atoms with Gasteiger partial charge in [0.05, 0.1) is 13.0 Å². The van der Waals surface area contributed by atoms with Gasteiger partial charge < -0.3 is 15.0 Å². The van der Waals surface area contributed by atoms with E-state index in [1.54, 1.807) is 7.11 Å². The van der Waals surface area contributed by atoms with Crippen molar-refractivity contribution in [2.45, 2.75) is 25.7 Å². The van der Waals surface area contributed by atoms with Crippen LogP contribution in [0.5, 0.6) is 5.75 Å². The number of likely N-dealkylation sites (tertiary alicyclic amines) is 1. The van der Waals surface area contributed by atoms with Gasteiger partial charge in [0.1, 0.15) is 5.75 Å². The van der Waals surface area contributed by atoms with Crippen molar-refractivity contribution in [3.63, 3.8) is 0 Å². The number of nitrogens with one attached hydrogen (secondary N) is 1. The van der Waals surface area contributed by atoms with Crippen molar-refractivity contribution < 1.29 is 14.3 Å². The highest BCUT2D eigenvalue weighted by Gasteiger charge is 2.41. The van der Waals surface area contributed by atoms with Gasteiger partial charge in [-0.25, -0.2) is 0 Å². The number of amides is 2. The van der Waals surface area contributed by atoms with Crippen LogP contribution in [0.3, 0.4) is 0 Å². The summed E-state index contributed by atoms with van der Waals surface area (Å²) in [4.78, 5) is 27.9. The van der Waals surface area contributed by atoms with Crippen LogP contribution in [0.2, 0.25) is 0 Å². The molecule has 2 aromatic rings. The van der Waals surface area contributed by atoms with Crippen molar-refractivity contribution in [1.82, 2.24) is 10.2 Å². The summed E-state index contributed by atoms with van der Waals surface area (Å²) in [7, 11) is 1.64. The van der Waals surface area contributed by atoms with Gasteiger partial charge in [0, 0.05) is 31.1 Å². The number of hydrogen-bond donors (Lipinski definition) is 1. The van der Waals surface area contributed by atoms with E-state index in [-0.39, 0.29) is 23.7 Å². The highest BCUT2D eigenvalue weighted by Crippen LogP contribution is 2.35. The third kappa shape index (κ3) is 4.44. The Bertz CT molecular complexity index is 889. The van der Waals surface area contributed by atoms with E-state index in [0.717, 1.165) is 23.4 Å². The van der Waals surface area contributed by atoms with Crippen LogP contribution >= 0.6 is 0 Å². The minimum Gasteiger partial charge on any atom is -0.497 e. The predicted octanol–water partition coefficient (Wildman–Crippen LogP) is 3.39. The molecule has 0 unspecified atom stereocenters. The third-order valence-corrected chi connectivity index (χ3v) is 6.03. The molecule has 1 aliphatic heterocycles. The molecule has 2 amide bonds. The summed E-state index contributed by atoms with van der Waals surface area (Å²) in [5.74, 6) is 1.12. The van der Waals surface area contributed by atoms with Crippen molar-refractivity contribution in [2.75, 3.05) is 26.7 Å². The minimum absolute atomic E-state index is 0.0182. The van der Waals surface area contributed by atoms with Gasteiger partial charge in [0.2, 0.25) is 5.91 Å². The maximum Gasteiger partial charge on any atom is 0.253 e. The maximum atomic E-state index is 13.1. The molecular formula is C24H28N2O3. The second kappa shape index (κ2) is 8.27. The predicted molar refractivity (Wildman–Crippen MR) is 112 cm³/mol. The average molecular weight is 392 g/mol.